The van der Waals surface area contributed by atoms with Crippen LogP contribution < -0.4 is 20.6 Å². The molecular weight excluding hydrogens is 565 g/mol. The summed E-state index contributed by atoms with van der Waals surface area (Å²) in [6, 6.07) is 21.0. The lowest BCUT2D eigenvalue weighted by atomic mass is 9.96. The second-order valence-corrected chi connectivity index (χ2v) is 9.57. The van der Waals surface area contributed by atoms with E-state index in [1.807, 2.05) is 99.7 Å². The van der Waals surface area contributed by atoms with Crippen molar-refractivity contribution in [3.05, 3.63) is 131 Å². The molecule has 3 aromatic rings. The smallest absolute Gasteiger partial charge is 0.326 e. The molecule has 0 fully saturated rings. The number of anilines is 1. The van der Waals surface area contributed by atoms with E-state index in [2.05, 4.69) is 36.1 Å². The molecule has 0 amide bonds. The van der Waals surface area contributed by atoms with Crippen LogP contribution in [0.1, 0.15) is 63.8 Å². The molecule has 6 nitrogen and oxygen atoms in total. The Hall–Kier alpha value is -5.22. The largest absolute Gasteiger partial charge is 0.494 e. The van der Waals surface area contributed by atoms with Gasteiger partial charge in [-0.3, -0.25) is 0 Å². The van der Waals surface area contributed by atoms with Crippen LogP contribution in [0.5, 0.6) is 5.75 Å². The Balaban J connectivity index is 0.00000111. The molecule has 2 aromatic carbocycles. The van der Waals surface area contributed by atoms with Gasteiger partial charge in [0.2, 0.25) is 0 Å². The van der Waals surface area contributed by atoms with E-state index in [9.17, 15) is 19.6 Å². The fourth-order valence-corrected chi connectivity index (χ4v) is 4.15. The second kappa shape index (κ2) is 20.6. The summed E-state index contributed by atoms with van der Waals surface area (Å²) in [6.45, 7) is 19.4. The highest BCUT2D eigenvalue weighted by molar-refractivity contribution is 5.82. The maximum Gasteiger partial charge on any atom is 0.326 e. The minimum atomic E-state index is -1.05. The molecule has 7 heteroatoms. The number of benzene rings is 2. The fourth-order valence-electron chi connectivity index (χ4n) is 4.15. The van der Waals surface area contributed by atoms with Crippen molar-refractivity contribution in [2.45, 2.75) is 53.0 Å². The average Bonchev–Trinajstić information content (AvgIpc) is 3.06. The molecule has 2 N–H and O–H groups in total. The van der Waals surface area contributed by atoms with E-state index in [-0.39, 0.29) is 23.6 Å². The molecule has 0 bridgehead atoms. The minimum Gasteiger partial charge on any atom is -0.494 e. The first-order valence-electron chi connectivity index (χ1n) is 14.7. The maximum absolute atomic E-state index is 13.5. The van der Waals surface area contributed by atoms with Gasteiger partial charge in [-0.15, -0.1) is 13.2 Å². The summed E-state index contributed by atoms with van der Waals surface area (Å²) in [4.78, 5) is 16.4. The number of ether oxygens (including phenoxy) is 1. The minimum absolute atomic E-state index is 0.00687. The van der Waals surface area contributed by atoms with Crippen LogP contribution in [-0.4, -0.2) is 28.7 Å². The number of hydrogen-bond acceptors (Lipinski definition) is 5. The SMILES string of the molecule is C=C.C=c1c(NC(CC)C(=O)O)c(C#N)c(C(/C=C\C(C)c2ccccc2OCC)=C/C)n/c1=C/C=C(\C)F.c1ccccc1. The highest BCUT2D eigenvalue weighted by atomic mass is 19.1. The van der Waals surface area contributed by atoms with Gasteiger partial charge < -0.3 is 15.2 Å². The maximum atomic E-state index is 13.5. The number of aliphatic carboxylic acids is 1. The van der Waals surface area contributed by atoms with Gasteiger partial charge in [-0.05, 0) is 51.0 Å². The highest BCUT2D eigenvalue weighted by Crippen LogP contribution is 2.29. The third kappa shape index (κ3) is 11.8. The van der Waals surface area contributed by atoms with Gasteiger partial charge in [0.05, 0.1) is 29.2 Å². The van der Waals surface area contributed by atoms with Crippen molar-refractivity contribution in [2.75, 3.05) is 11.9 Å². The van der Waals surface area contributed by atoms with Gasteiger partial charge in [-0.1, -0.05) is 93.3 Å². The van der Waals surface area contributed by atoms with Crippen molar-refractivity contribution >= 4 is 29.9 Å². The van der Waals surface area contributed by atoms with Gasteiger partial charge in [0.1, 0.15) is 23.4 Å². The molecule has 0 aliphatic carbocycles. The van der Waals surface area contributed by atoms with Crippen LogP contribution in [-0.2, 0) is 4.79 Å². The molecule has 1 heterocycles. The molecule has 1 aromatic heterocycles. The lowest BCUT2D eigenvalue weighted by molar-refractivity contribution is -0.137. The number of halogens is 1. The van der Waals surface area contributed by atoms with Crippen molar-refractivity contribution < 1.29 is 19.0 Å². The van der Waals surface area contributed by atoms with Gasteiger partial charge in [-0.2, -0.15) is 5.26 Å². The molecule has 0 radical (unpaired) electrons. The fraction of sp³-hybridized carbons (Fsp3) is 0.237. The summed E-state index contributed by atoms with van der Waals surface area (Å²) in [5.41, 5.74) is 2.45. The zero-order valence-electron chi connectivity index (χ0n) is 26.9. The van der Waals surface area contributed by atoms with E-state index >= 15 is 0 Å². The van der Waals surface area contributed by atoms with E-state index in [1.54, 1.807) is 6.92 Å². The van der Waals surface area contributed by atoms with Crippen LogP contribution >= 0.6 is 0 Å². The zero-order valence-corrected chi connectivity index (χ0v) is 26.9. The summed E-state index contributed by atoms with van der Waals surface area (Å²) in [6.07, 6.45) is 8.69. The number of para-hydroxylation sites is 1. The number of nitrogens with zero attached hydrogens (tertiary/aromatic N) is 2. The Bertz CT molecular complexity index is 1590. The number of allylic oxidation sites excluding steroid dienone is 6. The van der Waals surface area contributed by atoms with Gasteiger partial charge in [-0.25, -0.2) is 14.2 Å². The van der Waals surface area contributed by atoms with Gasteiger partial charge >= 0.3 is 5.97 Å². The Morgan fingerprint density at radius 1 is 1.13 bits per heavy atom. The van der Waals surface area contributed by atoms with Gasteiger partial charge in [0.25, 0.3) is 0 Å². The lowest BCUT2D eigenvalue weighted by Gasteiger charge is -2.18. The third-order valence-electron chi connectivity index (χ3n) is 6.46. The topological polar surface area (TPSA) is 95.2 Å². The third-order valence-corrected chi connectivity index (χ3v) is 6.46. The van der Waals surface area contributed by atoms with Crippen molar-refractivity contribution in [3.63, 3.8) is 0 Å². The number of carboxylic acids is 1. The molecule has 0 aliphatic heterocycles. The molecule has 3 rings (SSSR count). The van der Waals surface area contributed by atoms with Crippen molar-refractivity contribution in [1.29, 1.82) is 5.26 Å². The van der Waals surface area contributed by atoms with Crippen LogP contribution in [0.15, 0.2) is 104 Å². The van der Waals surface area contributed by atoms with E-state index in [4.69, 9.17) is 4.74 Å². The first-order chi connectivity index (χ1) is 21.7. The van der Waals surface area contributed by atoms with Crippen LogP contribution in [0.2, 0.25) is 0 Å². The van der Waals surface area contributed by atoms with Gasteiger partial charge in [0.15, 0.2) is 0 Å². The van der Waals surface area contributed by atoms with E-state index in [0.29, 0.717) is 28.4 Å². The molecule has 45 heavy (non-hydrogen) atoms. The predicted molar refractivity (Wildman–Crippen MR) is 185 cm³/mol. The Morgan fingerprint density at radius 2 is 1.73 bits per heavy atom. The standard InChI is InChI=1S/C30H34FN3O3.C6H6.C2H4/c1-7-22(16-14-19(4)23-12-10-11-13-27(23)37-9-3)29-24(18-32)28(33-25(8-2)30(35)36)21(6)26(34-29)17-15-20(5)31;1-2-4-6-5-3-1;1-2/h7,10-17,19,25,33H,6,8-9H2,1-5H3,(H,35,36);1-6H;1-2H2/b16-14-,20-15+,22-7+,26-17+;;. The number of hydrogen-bond donors (Lipinski definition) is 2. The molecule has 0 saturated heterocycles. The first kappa shape index (κ1) is 37.8. The monoisotopic (exact) mass is 609 g/mol. The number of nitriles is 1. The van der Waals surface area contributed by atoms with Crippen LogP contribution in [0.25, 0.3) is 18.2 Å². The number of carboxylic acid groups (broad SMARTS) is 1. The van der Waals surface area contributed by atoms with E-state index in [0.717, 1.165) is 11.3 Å². The average molecular weight is 610 g/mol. The number of aromatic nitrogens is 1. The second-order valence-electron chi connectivity index (χ2n) is 9.57. The molecule has 2 atom stereocenters. The van der Waals surface area contributed by atoms with E-state index < -0.39 is 17.8 Å². The summed E-state index contributed by atoms with van der Waals surface area (Å²) in [5, 5.41) is 23.3. The summed E-state index contributed by atoms with van der Waals surface area (Å²) in [7, 11) is 0. The molecule has 236 valence electrons. The quantitative estimate of drug-likeness (QED) is 0.169. The zero-order chi connectivity index (χ0) is 33.8. The Kier molecular flexibility index (Phi) is 17.3. The first-order valence-corrected chi connectivity index (χ1v) is 14.7. The molecule has 0 saturated carbocycles. The van der Waals surface area contributed by atoms with Gasteiger partial charge in [0, 0.05) is 16.7 Å². The summed E-state index contributed by atoms with van der Waals surface area (Å²) < 4.78 is 19.3. The molecule has 0 aliphatic rings. The Morgan fingerprint density at radius 3 is 2.22 bits per heavy atom. The number of rotatable bonds is 11. The van der Waals surface area contributed by atoms with E-state index in [1.165, 1.54) is 19.1 Å². The number of carbonyl (C=O) groups is 1. The molecular formula is C38H44FN3O3. The highest BCUT2D eigenvalue weighted by Gasteiger charge is 2.21. The number of pyridine rings is 1. The summed E-state index contributed by atoms with van der Waals surface area (Å²) in [5.74, 6) is -0.682. The van der Waals surface area contributed by atoms with Crippen molar-refractivity contribution in [3.8, 4) is 11.8 Å². The van der Waals surface area contributed by atoms with Crippen molar-refractivity contribution in [1.82, 2.24) is 4.98 Å². The predicted octanol–water partition coefficient (Wildman–Crippen LogP) is 7.94. The summed E-state index contributed by atoms with van der Waals surface area (Å²) >= 11 is 0. The normalized spacial score (nSPS) is 13.0. The van der Waals surface area contributed by atoms with Crippen LogP contribution in [0, 0.1) is 11.3 Å². The van der Waals surface area contributed by atoms with Crippen molar-refractivity contribution in [2.24, 2.45) is 0 Å². The molecule has 0 spiro atoms. The van der Waals surface area contributed by atoms with Crippen LogP contribution in [0.3, 0.4) is 0 Å². The van der Waals surface area contributed by atoms with Crippen LogP contribution in [0.4, 0.5) is 10.1 Å². The number of nitrogens with one attached hydrogen (secondary N) is 1. The Labute approximate surface area is 266 Å². The molecule has 2 unspecified atom stereocenters. The lowest BCUT2D eigenvalue weighted by Crippen LogP contribution is -2.37.